The lowest BCUT2D eigenvalue weighted by molar-refractivity contribution is -0.141. The minimum atomic E-state index is -2.00. The van der Waals surface area contributed by atoms with Gasteiger partial charge in [0, 0.05) is 24.4 Å². The molecule has 0 radical (unpaired) electrons. The normalized spacial score (nSPS) is 22.6. The highest BCUT2D eigenvalue weighted by molar-refractivity contribution is 6.74. The largest absolute Gasteiger partial charge is 0.462 e. The zero-order chi connectivity index (χ0) is 30.6. The van der Waals surface area contributed by atoms with Gasteiger partial charge in [-0.3, -0.25) is 4.79 Å². The summed E-state index contributed by atoms with van der Waals surface area (Å²) in [7, 11) is -2.00. The van der Waals surface area contributed by atoms with E-state index >= 15 is 0 Å². The minimum absolute atomic E-state index is 0.0613. The highest BCUT2D eigenvalue weighted by Gasteiger charge is 2.51. The van der Waals surface area contributed by atoms with E-state index in [1.165, 1.54) is 5.56 Å². The first-order chi connectivity index (χ1) is 20.5. The third kappa shape index (κ3) is 7.65. The summed E-state index contributed by atoms with van der Waals surface area (Å²) < 4.78 is 18.8. The maximum atomic E-state index is 13.3. The van der Waals surface area contributed by atoms with Crippen LogP contribution in [-0.2, 0) is 25.1 Å². The lowest BCUT2D eigenvalue weighted by Crippen LogP contribution is -2.44. The van der Waals surface area contributed by atoms with Gasteiger partial charge in [0.25, 0.3) is 0 Å². The Morgan fingerprint density at radius 1 is 0.907 bits per heavy atom. The van der Waals surface area contributed by atoms with Gasteiger partial charge < -0.3 is 13.9 Å². The van der Waals surface area contributed by atoms with Crippen molar-refractivity contribution in [2.24, 2.45) is 11.8 Å². The molecule has 2 fully saturated rings. The van der Waals surface area contributed by atoms with E-state index in [0.29, 0.717) is 18.4 Å². The summed E-state index contributed by atoms with van der Waals surface area (Å²) in [5.74, 6) is -0.321. The van der Waals surface area contributed by atoms with Crippen molar-refractivity contribution in [3.63, 3.8) is 0 Å². The van der Waals surface area contributed by atoms with Gasteiger partial charge in [0.15, 0.2) is 8.32 Å². The van der Waals surface area contributed by atoms with E-state index in [1.807, 2.05) is 48.5 Å². The molecule has 3 aromatic rings. The van der Waals surface area contributed by atoms with Gasteiger partial charge in [0.2, 0.25) is 0 Å². The highest BCUT2D eigenvalue weighted by atomic mass is 28.4. The Bertz CT molecular complexity index is 1360. The fraction of sp³-hybridized carbons (Fsp3) is 0.459. The Morgan fingerprint density at radius 3 is 2.19 bits per heavy atom. The van der Waals surface area contributed by atoms with E-state index in [0.717, 1.165) is 36.8 Å². The van der Waals surface area contributed by atoms with Gasteiger partial charge in [0.05, 0.1) is 12.0 Å². The number of aryl methyl sites for hydroxylation is 1. The van der Waals surface area contributed by atoms with Gasteiger partial charge in [-0.15, -0.1) is 0 Å². The van der Waals surface area contributed by atoms with Crippen LogP contribution in [0.5, 0.6) is 0 Å². The van der Waals surface area contributed by atoms with Crippen LogP contribution in [0.3, 0.4) is 0 Å². The van der Waals surface area contributed by atoms with Crippen LogP contribution in [0.1, 0.15) is 68.8 Å². The number of hydrogen-bond acceptors (Lipinski definition) is 5. The number of benzene rings is 3. The van der Waals surface area contributed by atoms with Crippen LogP contribution in [0.2, 0.25) is 18.1 Å². The smallest absolute Gasteiger partial charge is 0.338 e. The van der Waals surface area contributed by atoms with E-state index < -0.39 is 8.32 Å². The van der Waals surface area contributed by atoms with Crippen molar-refractivity contribution in [1.82, 2.24) is 0 Å². The lowest BCUT2D eigenvalue weighted by atomic mass is 9.86. The maximum absolute atomic E-state index is 13.3. The summed E-state index contributed by atoms with van der Waals surface area (Å²) in [5, 5.41) is 0.107. The zero-order valence-corrected chi connectivity index (χ0v) is 27.3. The Labute approximate surface area is 258 Å². The summed E-state index contributed by atoms with van der Waals surface area (Å²) in [5.41, 5.74) is 4.01. The molecule has 6 heteroatoms. The molecule has 0 amide bonds. The van der Waals surface area contributed by atoms with Gasteiger partial charge in [-0.2, -0.15) is 0 Å². The summed E-state index contributed by atoms with van der Waals surface area (Å²) >= 11 is 0. The third-order valence-electron chi connectivity index (χ3n) is 9.83. The molecule has 0 N–H and O–H groups in total. The minimum Gasteiger partial charge on any atom is -0.462 e. The van der Waals surface area contributed by atoms with Crippen molar-refractivity contribution in [2.45, 2.75) is 95.7 Å². The number of carbonyl (C=O) groups excluding carboxylic acids is 2. The molecule has 43 heavy (non-hydrogen) atoms. The van der Waals surface area contributed by atoms with E-state index in [-0.39, 0.29) is 47.1 Å². The number of hydrogen-bond donors (Lipinski definition) is 0. The number of fused-ring (bicyclic) bond motifs is 1. The van der Waals surface area contributed by atoms with Crippen LogP contribution < -0.4 is 0 Å². The average Bonchev–Trinajstić information content (AvgIpc) is 3.50. The summed E-state index contributed by atoms with van der Waals surface area (Å²) in [6.07, 6.45) is 4.17. The molecule has 1 heterocycles. The molecule has 1 saturated heterocycles. The van der Waals surface area contributed by atoms with Crippen LogP contribution >= 0.6 is 0 Å². The molecule has 0 unspecified atom stereocenters. The maximum Gasteiger partial charge on any atom is 0.338 e. The van der Waals surface area contributed by atoms with Crippen molar-refractivity contribution in [3.05, 3.63) is 96.1 Å². The molecule has 5 rings (SSSR count). The van der Waals surface area contributed by atoms with Gasteiger partial charge in [0.1, 0.15) is 12.2 Å². The molecule has 5 nitrogen and oxygen atoms in total. The first-order valence-corrected chi connectivity index (χ1v) is 18.7. The molecule has 1 saturated carbocycles. The van der Waals surface area contributed by atoms with Crippen LogP contribution in [0.25, 0.3) is 11.1 Å². The number of carbonyl (C=O) groups is 2. The predicted octanol–water partition coefficient (Wildman–Crippen LogP) is 8.63. The van der Waals surface area contributed by atoms with E-state index in [2.05, 4.69) is 70.3 Å². The molecule has 0 aromatic heterocycles. The molecular formula is C37H46O5Si. The van der Waals surface area contributed by atoms with Crippen molar-refractivity contribution in [2.75, 3.05) is 0 Å². The Hall–Kier alpha value is -3.22. The molecule has 5 atom stereocenters. The van der Waals surface area contributed by atoms with E-state index in [9.17, 15) is 9.59 Å². The monoisotopic (exact) mass is 598 g/mol. The van der Waals surface area contributed by atoms with Crippen LogP contribution in [-0.4, -0.2) is 38.6 Å². The predicted molar refractivity (Wildman–Crippen MR) is 173 cm³/mol. The van der Waals surface area contributed by atoms with Gasteiger partial charge in [-0.25, -0.2) is 4.79 Å². The van der Waals surface area contributed by atoms with Crippen LogP contribution in [0.4, 0.5) is 0 Å². The van der Waals surface area contributed by atoms with Gasteiger partial charge in [-0.05, 0) is 72.6 Å². The fourth-order valence-corrected chi connectivity index (χ4v) is 7.76. The Kier molecular flexibility index (Phi) is 9.57. The van der Waals surface area contributed by atoms with Gasteiger partial charge >= 0.3 is 11.9 Å². The molecule has 2 aliphatic rings. The number of ether oxygens (including phenoxy) is 2. The standard InChI is InChI=1S/C37H46O5Si/c1-37(2,3)43(4,5)42-30(21-16-26-12-8-6-9-13-26)22-23-31-32-24-35(38)40-34(32)25-33(31)41-36(39)29-19-17-28(18-20-29)27-14-10-7-11-15-27/h6-15,17-20,30-34H,16,21-25H2,1-5H3/t30-,31+,32+,33+,34-/m0/s1. The number of esters is 2. The van der Waals surface area contributed by atoms with Gasteiger partial charge in [-0.1, -0.05) is 93.6 Å². The molecule has 228 valence electrons. The van der Waals surface area contributed by atoms with Crippen molar-refractivity contribution in [1.29, 1.82) is 0 Å². The van der Waals surface area contributed by atoms with Crippen molar-refractivity contribution in [3.8, 4) is 11.1 Å². The van der Waals surface area contributed by atoms with Crippen molar-refractivity contribution >= 4 is 20.3 Å². The summed E-state index contributed by atoms with van der Waals surface area (Å²) in [6, 6.07) is 28.3. The molecule has 1 aliphatic carbocycles. The first-order valence-electron chi connectivity index (χ1n) is 15.8. The Morgan fingerprint density at radius 2 is 1.53 bits per heavy atom. The first kappa shape index (κ1) is 31.2. The second-order valence-electron chi connectivity index (χ2n) is 13.8. The molecule has 0 bridgehead atoms. The SMILES string of the molecule is CC(C)(C)[Si](C)(C)O[C@@H](CCc1ccccc1)CC[C@@H]1[C@H]2CC(=O)O[C@H]2C[C@H]1OC(=O)c1ccc(-c2ccccc2)cc1. The third-order valence-corrected chi connectivity index (χ3v) is 14.4. The number of rotatable bonds is 11. The molecule has 1 aliphatic heterocycles. The summed E-state index contributed by atoms with van der Waals surface area (Å²) in [6.45, 7) is 11.5. The molecular weight excluding hydrogens is 552 g/mol. The quantitative estimate of drug-likeness (QED) is 0.163. The Balaban J connectivity index is 1.28. The zero-order valence-electron chi connectivity index (χ0n) is 26.3. The second-order valence-corrected chi connectivity index (χ2v) is 18.5. The fourth-order valence-electron chi connectivity index (χ4n) is 6.33. The van der Waals surface area contributed by atoms with E-state index in [1.54, 1.807) is 0 Å². The van der Waals surface area contributed by atoms with Crippen molar-refractivity contribution < 1.29 is 23.5 Å². The van der Waals surface area contributed by atoms with E-state index in [4.69, 9.17) is 13.9 Å². The second kappa shape index (κ2) is 13.2. The molecule has 3 aromatic carbocycles. The lowest BCUT2D eigenvalue weighted by Gasteiger charge is -2.40. The molecule has 0 spiro atoms. The van der Waals surface area contributed by atoms with Crippen LogP contribution in [0.15, 0.2) is 84.9 Å². The average molecular weight is 599 g/mol. The topological polar surface area (TPSA) is 61.8 Å². The summed E-state index contributed by atoms with van der Waals surface area (Å²) in [4.78, 5) is 25.6. The van der Waals surface area contributed by atoms with Crippen LogP contribution in [0, 0.1) is 11.8 Å². The highest BCUT2D eigenvalue weighted by Crippen LogP contribution is 2.46.